The summed E-state index contributed by atoms with van der Waals surface area (Å²) in [5.74, 6) is 1.09. The molecule has 1 heterocycles. The highest BCUT2D eigenvalue weighted by molar-refractivity contribution is 5.78. The van der Waals surface area contributed by atoms with Gasteiger partial charge in [-0.05, 0) is 25.2 Å². The van der Waals surface area contributed by atoms with Gasteiger partial charge in [-0.3, -0.25) is 4.79 Å². The number of morpholine rings is 1. The van der Waals surface area contributed by atoms with E-state index in [0.717, 1.165) is 19.0 Å². The molecule has 2 aliphatic rings. The molecule has 0 spiro atoms. The van der Waals surface area contributed by atoms with Gasteiger partial charge < -0.3 is 15.0 Å². The van der Waals surface area contributed by atoms with Crippen molar-refractivity contribution in [1.29, 1.82) is 0 Å². The molecule has 0 radical (unpaired) electrons. The minimum Gasteiger partial charge on any atom is -0.378 e. The molecule has 0 bridgehead atoms. The van der Waals surface area contributed by atoms with Crippen LogP contribution < -0.4 is 5.32 Å². The molecule has 1 saturated carbocycles. The van der Waals surface area contributed by atoms with Crippen LogP contribution in [-0.4, -0.2) is 49.7 Å². The van der Waals surface area contributed by atoms with E-state index in [0.29, 0.717) is 25.8 Å². The highest BCUT2D eigenvalue weighted by atomic mass is 16.5. The molecule has 1 aliphatic heterocycles. The van der Waals surface area contributed by atoms with E-state index in [1.165, 1.54) is 32.1 Å². The van der Waals surface area contributed by atoms with Crippen molar-refractivity contribution in [3.05, 3.63) is 0 Å². The number of hydrogen-bond acceptors (Lipinski definition) is 3. The van der Waals surface area contributed by atoms with Gasteiger partial charge in [-0.15, -0.1) is 0 Å². The zero-order valence-electron chi connectivity index (χ0n) is 11.5. The largest absolute Gasteiger partial charge is 0.378 e. The zero-order valence-corrected chi connectivity index (χ0v) is 11.5. The second-order valence-electron chi connectivity index (χ2n) is 5.68. The molecule has 2 atom stereocenters. The first-order valence-corrected chi connectivity index (χ1v) is 7.34. The number of nitrogens with one attached hydrogen (secondary N) is 1. The fourth-order valence-corrected chi connectivity index (χ4v) is 2.85. The Kier molecular flexibility index (Phi) is 5.45. The minimum absolute atomic E-state index is 0.232. The summed E-state index contributed by atoms with van der Waals surface area (Å²) in [7, 11) is 0. The second-order valence-corrected chi connectivity index (χ2v) is 5.68. The number of hydrogen-bond donors (Lipinski definition) is 1. The Hall–Kier alpha value is -0.610. The lowest BCUT2D eigenvalue weighted by Gasteiger charge is -2.27. The number of rotatable bonds is 3. The van der Waals surface area contributed by atoms with Crippen molar-refractivity contribution in [2.75, 3.05) is 32.8 Å². The molecule has 18 heavy (non-hydrogen) atoms. The van der Waals surface area contributed by atoms with E-state index < -0.39 is 0 Å². The van der Waals surface area contributed by atoms with E-state index in [4.69, 9.17) is 4.74 Å². The summed E-state index contributed by atoms with van der Waals surface area (Å²) < 4.78 is 5.26. The summed E-state index contributed by atoms with van der Waals surface area (Å²) in [6.07, 6.45) is 6.38. The quantitative estimate of drug-likeness (QED) is 0.774. The maximum absolute atomic E-state index is 12.0. The summed E-state index contributed by atoms with van der Waals surface area (Å²) in [5.41, 5.74) is 0. The fourth-order valence-electron chi connectivity index (χ4n) is 2.85. The molecule has 0 aromatic rings. The normalized spacial score (nSPS) is 29.9. The van der Waals surface area contributed by atoms with Gasteiger partial charge in [-0.1, -0.05) is 19.8 Å². The number of carbonyl (C=O) groups is 1. The third-order valence-electron chi connectivity index (χ3n) is 4.16. The van der Waals surface area contributed by atoms with Gasteiger partial charge in [0, 0.05) is 19.1 Å². The highest BCUT2D eigenvalue weighted by Gasteiger charge is 2.19. The van der Waals surface area contributed by atoms with Gasteiger partial charge in [0.15, 0.2) is 0 Å². The molecule has 0 aromatic heterocycles. The number of amides is 1. The van der Waals surface area contributed by atoms with Gasteiger partial charge in [0.2, 0.25) is 5.91 Å². The molecule has 4 heteroatoms. The molecule has 104 valence electrons. The standard InChI is InChI=1S/C14H26N2O2/c1-12-3-2-4-13(6-5-12)15-11-14(17)16-7-9-18-10-8-16/h12-13,15H,2-11H2,1H3. The number of nitrogens with zero attached hydrogens (tertiary/aromatic N) is 1. The van der Waals surface area contributed by atoms with Crippen LogP contribution >= 0.6 is 0 Å². The van der Waals surface area contributed by atoms with Crippen molar-refractivity contribution in [2.24, 2.45) is 5.92 Å². The first kappa shape index (κ1) is 13.8. The number of ether oxygens (including phenoxy) is 1. The van der Waals surface area contributed by atoms with Gasteiger partial charge in [0.25, 0.3) is 0 Å². The molecule has 2 fully saturated rings. The van der Waals surface area contributed by atoms with Crippen molar-refractivity contribution < 1.29 is 9.53 Å². The molecule has 2 unspecified atom stereocenters. The van der Waals surface area contributed by atoms with Crippen molar-refractivity contribution >= 4 is 5.91 Å². The van der Waals surface area contributed by atoms with Crippen LogP contribution in [0.2, 0.25) is 0 Å². The average Bonchev–Trinajstić information content (AvgIpc) is 2.62. The van der Waals surface area contributed by atoms with E-state index in [9.17, 15) is 4.79 Å². The summed E-state index contributed by atoms with van der Waals surface area (Å²) in [4.78, 5) is 13.9. The molecule has 1 N–H and O–H groups in total. The van der Waals surface area contributed by atoms with Gasteiger partial charge in [-0.25, -0.2) is 0 Å². The molecule has 1 aliphatic carbocycles. The zero-order chi connectivity index (χ0) is 12.8. The smallest absolute Gasteiger partial charge is 0.236 e. The Morgan fingerprint density at radius 1 is 1.22 bits per heavy atom. The minimum atomic E-state index is 0.232. The Balaban J connectivity index is 1.68. The Labute approximate surface area is 110 Å². The lowest BCUT2D eigenvalue weighted by atomic mass is 10.0. The predicted octanol–water partition coefficient (Wildman–Crippen LogP) is 1.40. The summed E-state index contributed by atoms with van der Waals surface area (Å²) in [6, 6.07) is 0.542. The monoisotopic (exact) mass is 254 g/mol. The topological polar surface area (TPSA) is 41.6 Å². The van der Waals surface area contributed by atoms with Gasteiger partial charge >= 0.3 is 0 Å². The van der Waals surface area contributed by atoms with Crippen LogP contribution in [0.1, 0.15) is 39.0 Å². The van der Waals surface area contributed by atoms with Gasteiger partial charge in [-0.2, -0.15) is 0 Å². The lowest BCUT2D eigenvalue weighted by molar-refractivity contribution is -0.134. The molecule has 4 nitrogen and oxygen atoms in total. The van der Waals surface area contributed by atoms with E-state index >= 15 is 0 Å². The van der Waals surface area contributed by atoms with Crippen LogP contribution in [0.5, 0.6) is 0 Å². The second kappa shape index (κ2) is 7.10. The maximum Gasteiger partial charge on any atom is 0.236 e. The Morgan fingerprint density at radius 3 is 2.78 bits per heavy atom. The van der Waals surface area contributed by atoms with E-state index in [1.54, 1.807) is 0 Å². The third kappa shape index (κ3) is 4.25. The van der Waals surface area contributed by atoms with Crippen molar-refractivity contribution in [2.45, 2.75) is 45.1 Å². The van der Waals surface area contributed by atoms with Gasteiger partial charge in [0.1, 0.15) is 0 Å². The highest BCUT2D eigenvalue weighted by Crippen LogP contribution is 2.22. The first-order valence-electron chi connectivity index (χ1n) is 7.34. The first-order chi connectivity index (χ1) is 8.75. The average molecular weight is 254 g/mol. The van der Waals surface area contributed by atoms with E-state index in [-0.39, 0.29) is 5.91 Å². The van der Waals surface area contributed by atoms with Crippen LogP contribution in [0.4, 0.5) is 0 Å². The molecule has 0 aromatic carbocycles. The lowest BCUT2D eigenvalue weighted by Crippen LogP contribution is -2.46. The molecular formula is C14H26N2O2. The van der Waals surface area contributed by atoms with Crippen LogP contribution in [0.3, 0.4) is 0 Å². The van der Waals surface area contributed by atoms with Crippen molar-refractivity contribution in [1.82, 2.24) is 10.2 Å². The van der Waals surface area contributed by atoms with Gasteiger partial charge in [0.05, 0.1) is 19.8 Å². The van der Waals surface area contributed by atoms with Crippen LogP contribution in [0.25, 0.3) is 0 Å². The van der Waals surface area contributed by atoms with E-state index in [2.05, 4.69) is 12.2 Å². The maximum atomic E-state index is 12.0. The van der Waals surface area contributed by atoms with Crippen LogP contribution in [-0.2, 0) is 9.53 Å². The fraction of sp³-hybridized carbons (Fsp3) is 0.929. The summed E-state index contributed by atoms with van der Waals surface area (Å²) in [5, 5.41) is 3.45. The summed E-state index contributed by atoms with van der Waals surface area (Å²) in [6.45, 7) is 5.71. The van der Waals surface area contributed by atoms with Crippen molar-refractivity contribution in [3.63, 3.8) is 0 Å². The SMILES string of the molecule is CC1CCCC(NCC(=O)N2CCOCC2)CC1. The summed E-state index contributed by atoms with van der Waals surface area (Å²) >= 11 is 0. The predicted molar refractivity (Wildman–Crippen MR) is 71.4 cm³/mol. The molecule has 1 saturated heterocycles. The van der Waals surface area contributed by atoms with E-state index in [1.807, 2.05) is 4.90 Å². The van der Waals surface area contributed by atoms with Crippen molar-refractivity contribution in [3.8, 4) is 0 Å². The molecule has 1 amide bonds. The third-order valence-corrected chi connectivity index (χ3v) is 4.16. The Morgan fingerprint density at radius 2 is 2.00 bits per heavy atom. The Bertz CT molecular complexity index is 265. The number of carbonyl (C=O) groups excluding carboxylic acids is 1. The molecule has 2 rings (SSSR count). The molecular weight excluding hydrogens is 228 g/mol. The van der Waals surface area contributed by atoms with Crippen LogP contribution in [0, 0.1) is 5.92 Å². The van der Waals surface area contributed by atoms with Crippen LogP contribution in [0.15, 0.2) is 0 Å².